The average molecular weight is 283 g/mol. The molecule has 5 nitrogen and oxygen atoms in total. The number of primary amides is 1. The zero-order valence-corrected chi connectivity index (χ0v) is 11.7. The quantitative estimate of drug-likeness (QED) is 0.668. The summed E-state index contributed by atoms with van der Waals surface area (Å²) in [5, 5.41) is 0.570. The molecule has 2 aromatic rings. The molecule has 0 aliphatic carbocycles. The number of aromatic nitrogens is 2. The lowest BCUT2D eigenvalue weighted by Gasteiger charge is -1.98. The Hall–Kier alpha value is -1.34. The van der Waals surface area contributed by atoms with Crippen molar-refractivity contribution in [3.8, 4) is 0 Å². The maximum atomic E-state index is 11.2. The second kappa shape index (κ2) is 5.11. The van der Waals surface area contributed by atoms with Gasteiger partial charge in [-0.05, 0) is 13.3 Å². The Morgan fingerprint density at radius 3 is 2.89 bits per heavy atom. The minimum Gasteiger partial charge on any atom is -0.369 e. The van der Waals surface area contributed by atoms with Gasteiger partial charge in [0.1, 0.15) is 10.7 Å². The van der Waals surface area contributed by atoms with Gasteiger partial charge in [0.15, 0.2) is 11.2 Å². The molecular weight excluding hydrogens is 270 g/mol. The van der Waals surface area contributed by atoms with Gasteiger partial charge in [-0.15, -0.1) is 11.3 Å². The first kappa shape index (κ1) is 13.1. The van der Waals surface area contributed by atoms with Crippen LogP contribution in [0.4, 0.5) is 0 Å². The summed E-state index contributed by atoms with van der Waals surface area (Å²) < 4.78 is 1.85. The lowest BCUT2D eigenvalue weighted by molar-refractivity contribution is -0.115. The summed E-state index contributed by atoms with van der Waals surface area (Å²) in [5.41, 5.74) is 6.64. The molecule has 2 N–H and O–H groups in total. The summed E-state index contributed by atoms with van der Waals surface area (Å²) in [5.74, 6) is -0.287. The summed E-state index contributed by atoms with van der Waals surface area (Å²) in [6, 6.07) is 0. The van der Waals surface area contributed by atoms with E-state index in [9.17, 15) is 9.59 Å². The van der Waals surface area contributed by atoms with E-state index < -0.39 is 5.91 Å². The predicted molar refractivity (Wildman–Crippen MR) is 72.5 cm³/mol. The van der Waals surface area contributed by atoms with E-state index in [4.69, 9.17) is 5.73 Å². The smallest absolute Gasteiger partial charge is 0.227 e. The van der Waals surface area contributed by atoms with Gasteiger partial charge in [0.05, 0.1) is 5.75 Å². The highest BCUT2D eigenvalue weighted by molar-refractivity contribution is 8.00. The number of rotatable bonds is 5. The van der Waals surface area contributed by atoms with Crippen LogP contribution in [0, 0.1) is 6.92 Å². The summed E-state index contributed by atoms with van der Waals surface area (Å²) in [6.45, 7) is 4.04. The Kier molecular flexibility index (Phi) is 3.72. The SMILES string of the molecule is CCc1sc2nc(SCC(N)=O)c(C=O)n2c1C. The first-order valence-corrected chi connectivity index (χ1v) is 7.25. The molecule has 18 heavy (non-hydrogen) atoms. The van der Waals surface area contributed by atoms with Gasteiger partial charge in [-0.25, -0.2) is 4.98 Å². The fraction of sp³-hybridized carbons (Fsp3) is 0.364. The third-order valence-electron chi connectivity index (χ3n) is 2.59. The highest BCUT2D eigenvalue weighted by Crippen LogP contribution is 2.29. The molecule has 0 saturated heterocycles. The van der Waals surface area contributed by atoms with Gasteiger partial charge < -0.3 is 5.73 Å². The standard InChI is InChI=1S/C11H13N3O2S2/c1-3-8-6(2)14-7(4-15)10(13-11(14)18-8)17-5-9(12)16/h4H,3,5H2,1-2H3,(H2,12,16). The van der Waals surface area contributed by atoms with Crippen molar-refractivity contribution >= 4 is 40.3 Å². The van der Waals surface area contributed by atoms with E-state index in [2.05, 4.69) is 11.9 Å². The van der Waals surface area contributed by atoms with E-state index in [1.165, 1.54) is 16.6 Å². The molecule has 96 valence electrons. The molecule has 2 rings (SSSR count). The number of hydrogen-bond acceptors (Lipinski definition) is 5. The number of hydrogen-bond donors (Lipinski definition) is 1. The van der Waals surface area contributed by atoms with Crippen LogP contribution in [0.5, 0.6) is 0 Å². The van der Waals surface area contributed by atoms with Crippen LogP contribution >= 0.6 is 23.1 Å². The van der Waals surface area contributed by atoms with Crippen LogP contribution in [0.15, 0.2) is 5.03 Å². The molecule has 0 aromatic carbocycles. The number of carbonyl (C=O) groups is 2. The molecule has 7 heteroatoms. The Morgan fingerprint density at radius 2 is 2.33 bits per heavy atom. The first-order valence-electron chi connectivity index (χ1n) is 5.45. The Labute approximate surface area is 112 Å². The zero-order valence-electron chi connectivity index (χ0n) is 10.1. The van der Waals surface area contributed by atoms with Gasteiger partial charge >= 0.3 is 0 Å². The molecule has 1 amide bonds. The second-order valence-electron chi connectivity index (χ2n) is 3.76. The van der Waals surface area contributed by atoms with Crippen molar-refractivity contribution in [2.45, 2.75) is 25.3 Å². The lowest BCUT2D eigenvalue weighted by Crippen LogP contribution is -2.13. The zero-order chi connectivity index (χ0) is 13.3. The lowest BCUT2D eigenvalue weighted by atomic mass is 10.3. The summed E-state index contributed by atoms with van der Waals surface area (Å²) in [6.07, 6.45) is 1.70. The molecule has 0 atom stereocenters. The van der Waals surface area contributed by atoms with E-state index >= 15 is 0 Å². The molecule has 0 fully saturated rings. The predicted octanol–water partition coefficient (Wildman–Crippen LogP) is 1.66. The molecule has 0 aliphatic heterocycles. The Bertz CT molecular complexity index is 615. The van der Waals surface area contributed by atoms with Gasteiger partial charge in [0, 0.05) is 10.6 Å². The highest BCUT2D eigenvalue weighted by atomic mass is 32.2. The normalized spacial score (nSPS) is 11.0. The largest absolute Gasteiger partial charge is 0.369 e. The van der Waals surface area contributed by atoms with Crippen LogP contribution in [0.1, 0.15) is 28.0 Å². The van der Waals surface area contributed by atoms with Gasteiger partial charge in [-0.3, -0.25) is 14.0 Å². The number of thioether (sulfide) groups is 1. The van der Waals surface area contributed by atoms with Crippen molar-refractivity contribution < 1.29 is 9.59 Å². The molecule has 0 saturated carbocycles. The topological polar surface area (TPSA) is 77.5 Å². The van der Waals surface area contributed by atoms with Crippen molar-refractivity contribution in [3.05, 3.63) is 16.3 Å². The van der Waals surface area contributed by atoms with E-state index in [0.717, 1.165) is 23.4 Å². The highest BCUT2D eigenvalue weighted by Gasteiger charge is 2.18. The van der Waals surface area contributed by atoms with Crippen LogP contribution in [-0.4, -0.2) is 27.3 Å². The maximum Gasteiger partial charge on any atom is 0.227 e. The van der Waals surface area contributed by atoms with Crippen LogP contribution in [0.3, 0.4) is 0 Å². The molecule has 0 spiro atoms. The van der Waals surface area contributed by atoms with E-state index in [0.29, 0.717) is 10.7 Å². The molecule has 0 bridgehead atoms. The number of nitrogens with zero attached hydrogens (tertiary/aromatic N) is 2. The van der Waals surface area contributed by atoms with Crippen molar-refractivity contribution in [2.75, 3.05) is 5.75 Å². The summed E-state index contributed by atoms with van der Waals surface area (Å²) in [4.78, 5) is 28.4. The molecule has 0 unspecified atom stereocenters. The summed E-state index contributed by atoms with van der Waals surface area (Å²) in [7, 11) is 0. The number of aldehydes is 1. The van der Waals surface area contributed by atoms with E-state index in [1.807, 2.05) is 11.3 Å². The number of fused-ring (bicyclic) bond motifs is 1. The van der Waals surface area contributed by atoms with Gasteiger partial charge in [-0.1, -0.05) is 18.7 Å². The van der Waals surface area contributed by atoms with Crippen LogP contribution in [0.25, 0.3) is 4.96 Å². The number of thiazole rings is 1. The third-order valence-corrected chi connectivity index (χ3v) is 4.88. The number of amides is 1. The van der Waals surface area contributed by atoms with E-state index in [-0.39, 0.29) is 5.75 Å². The minimum atomic E-state index is -0.417. The Morgan fingerprint density at radius 1 is 1.61 bits per heavy atom. The van der Waals surface area contributed by atoms with Gasteiger partial charge in [0.2, 0.25) is 5.91 Å². The fourth-order valence-electron chi connectivity index (χ4n) is 1.77. The maximum absolute atomic E-state index is 11.2. The molecule has 2 heterocycles. The second-order valence-corrected chi connectivity index (χ2v) is 5.78. The van der Waals surface area contributed by atoms with Crippen molar-refractivity contribution in [1.29, 1.82) is 0 Å². The average Bonchev–Trinajstić information content (AvgIpc) is 2.83. The number of nitrogens with two attached hydrogens (primary N) is 1. The van der Waals surface area contributed by atoms with Crippen molar-refractivity contribution in [1.82, 2.24) is 9.38 Å². The third kappa shape index (κ3) is 2.15. The minimum absolute atomic E-state index is 0.130. The number of imidazole rings is 1. The number of aryl methyl sites for hydroxylation is 2. The van der Waals surface area contributed by atoms with Crippen molar-refractivity contribution in [2.24, 2.45) is 5.73 Å². The Balaban J connectivity index is 2.50. The van der Waals surface area contributed by atoms with Gasteiger partial charge in [-0.2, -0.15) is 0 Å². The van der Waals surface area contributed by atoms with Crippen LogP contribution in [0.2, 0.25) is 0 Å². The molecular formula is C11H13N3O2S2. The van der Waals surface area contributed by atoms with Crippen LogP contribution < -0.4 is 5.73 Å². The summed E-state index contributed by atoms with van der Waals surface area (Å²) >= 11 is 2.77. The molecule has 0 aliphatic rings. The van der Waals surface area contributed by atoms with Crippen LogP contribution in [-0.2, 0) is 11.2 Å². The van der Waals surface area contributed by atoms with Gasteiger partial charge in [0.25, 0.3) is 0 Å². The monoisotopic (exact) mass is 283 g/mol. The van der Waals surface area contributed by atoms with E-state index in [1.54, 1.807) is 11.3 Å². The first-order chi connectivity index (χ1) is 8.58. The van der Waals surface area contributed by atoms with Crippen molar-refractivity contribution in [3.63, 3.8) is 0 Å². The molecule has 0 radical (unpaired) electrons. The number of carbonyl (C=O) groups excluding carboxylic acids is 2. The fourth-order valence-corrected chi connectivity index (χ4v) is 3.61. The molecule has 2 aromatic heterocycles.